The summed E-state index contributed by atoms with van der Waals surface area (Å²) in [5.74, 6) is -0.630. The van der Waals surface area contributed by atoms with Crippen molar-refractivity contribution in [1.82, 2.24) is 4.98 Å². The Kier molecular flexibility index (Phi) is 5.56. The number of carboxylic acid groups (broad SMARTS) is 1. The van der Waals surface area contributed by atoms with E-state index < -0.39 is 27.0 Å². The summed E-state index contributed by atoms with van der Waals surface area (Å²) in [6.07, 6.45) is 1.06. The molecule has 3 N–H and O–H groups in total. The van der Waals surface area contributed by atoms with E-state index in [-0.39, 0.29) is 27.5 Å². The molecule has 0 saturated heterocycles. The van der Waals surface area contributed by atoms with Crippen LogP contribution in [0.1, 0.15) is 10.4 Å². The zero-order valence-corrected chi connectivity index (χ0v) is 17.0. The van der Waals surface area contributed by atoms with Crippen LogP contribution >= 0.6 is 0 Å². The fourth-order valence-corrected chi connectivity index (χ4v) is 3.94. The second-order valence-corrected chi connectivity index (χ2v) is 7.75. The highest BCUT2D eigenvalue weighted by atomic mass is 32.2. The number of aromatic nitrogens is 1. The quantitative estimate of drug-likeness (QED) is 0.512. The van der Waals surface area contributed by atoms with Crippen LogP contribution in [0.4, 0.5) is 5.69 Å². The lowest BCUT2D eigenvalue weighted by Gasteiger charge is -2.15. The van der Waals surface area contributed by atoms with Gasteiger partial charge in [-0.2, -0.15) is 0 Å². The van der Waals surface area contributed by atoms with Crippen molar-refractivity contribution in [3.8, 4) is 17.2 Å². The van der Waals surface area contributed by atoms with Crippen LogP contribution in [0.2, 0.25) is 0 Å². The number of fused-ring (bicyclic) bond motifs is 1. The molecule has 0 spiro atoms. The lowest BCUT2D eigenvalue weighted by molar-refractivity contribution is 0.0695. The monoisotopic (exact) mass is 434 g/mol. The third-order valence-electron chi connectivity index (χ3n) is 4.31. The highest BCUT2D eigenvalue weighted by Crippen LogP contribution is 2.40. The Morgan fingerprint density at radius 3 is 2.20 bits per heavy atom. The van der Waals surface area contributed by atoms with E-state index in [0.29, 0.717) is 11.3 Å². The number of pyridine rings is 1. The number of sulfonamides is 1. The van der Waals surface area contributed by atoms with E-state index in [1.165, 1.54) is 45.6 Å². The number of aromatic carboxylic acids is 1. The van der Waals surface area contributed by atoms with Gasteiger partial charge in [-0.1, -0.05) is 0 Å². The Morgan fingerprint density at radius 2 is 1.67 bits per heavy atom. The van der Waals surface area contributed by atoms with E-state index in [4.69, 9.17) is 19.3 Å². The number of carbonyl (C=O) groups is 1. The Bertz CT molecular complexity index is 1270. The molecule has 11 heteroatoms. The Morgan fingerprint density at radius 1 is 1.03 bits per heavy atom. The normalized spacial score (nSPS) is 11.2. The number of anilines is 1. The topological polar surface area (TPSA) is 144 Å². The van der Waals surface area contributed by atoms with Crippen molar-refractivity contribution in [2.45, 2.75) is 4.90 Å². The maximum Gasteiger partial charge on any atom is 0.341 e. The van der Waals surface area contributed by atoms with E-state index >= 15 is 0 Å². The largest absolute Gasteiger partial charge is 0.493 e. The second-order valence-electron chi connectivity index (χ2n) is 6.06. The van der Waals surface area contributed by atoms with Gasteiger partial charge in [0, 0.05) is 29.2 Å². The number of H-pyrrole nitrogens is 1. The molecule has 0 fully saturated rings. The third-order valence-corrected chi connectivity index (χ3v) is 5.69. The summed E-state index contributed by atoms with van der Waals surface area (Å²) in [5.41, 5.74) is -0.842. The molecule has 0 saturated carbocycles. The standard InChI is InChI=1S/C19H18N2O8S/c1-27-15-6-10(7-16(28-2)18(15)29-3)21-30(25,26)11-4-5-14-12(8-11)17(22)13(9-20-14)19(23)24/h4-9,21H,1-3H3,(H,20,22)(H,23,24). The van der Waals surface area contributed by atoms with Crippen molar-refractivity contribution >= 4 is 32.6 Å². The van der Waals surface area contributed by atoms with Crippen molar-refractivity contribution in [3.63, 3.8) is 0 Å². The van der Waals surface area contributed by atoms with Crippen LogP contribution in [0.5, 0.6) is 17.2 Å². The molecule has 1 heterocycles. The molecule has 0 radical (unpaired) electrons. The Labute approximate surface area is 171 Å². The minimum atomic E-state index is -4.13. The lowest BCUT2D eigenvalue weighted by Crippen LogP contribution is -2.17. The molecule has 0 unspecified atom stereocenters. The van der Waals surface area contributed by atoms with Gasteiger partial charge in [0.2, 0.25) is 11.2 Å². The molecule has 30 heavy (non-hydrogen) atoms. The van der Waals surface area contributed by atoms with E-state index in [2.05, 4.69) is 9.71 Å². The molecule has 0 aliphatic rings. The van der Waals surface area contributed by atoms with E-state index in [9.17, 15) is 18.0 Å². The molecule has 1 aromatic heterocycles. The van der Waals surface area contributed by atoms with E-state index in [0.717, 1.165) is 12.3 Å². The van der Waals surface area contributed by atoms with Crippen molar-refractivity contribution in [2.24, 2.45) is 0 Å². The zero-order valence-electron chi connectivity index (χ0n) is 16.2. The Hall–Kier alpha value is -3.73. The fourth-order valence-electron chi connectivity index (χ4n) is 2.88. The summed E-state index contributed by atoms with van der Waals surface area (Å²) in [6, 6.07) is 6.61. The highest BCUT2D eigenvalue weighted by molar-refractivity contribution is 7.92. The number of hydrogen-bond acceptors (Lipinski definition) is 7. The van der Waals surface area contributed by atoms with Crippen molar-refractivity contribution < 1.29 is 32.5 Å². The molecular weight excluding hydrogens is 416 g/mol. The summed E-state index contributed by atoms with van der Waals surface area (Å²) in [5, 5.41) is 9.04. The fraction of sp³-hybridized carbons (Fsp3) is 0.158. The average Bonchev–Trinajstić information content (AvgIpc) is 2.72. The van der Waals surface area contributed by atoms with Gasteiger partial charge in [-0.3, -0.25) is 9.52 Å². The summed E-state index contributed by atoms with van der Waals surface area (Å²) < 4.78 is 43.8. The minimum Gasteiger partial charge on any atom is -0.493 e. The predicted molar refractivity (Wildman–Crippen MR) is 108 cm³/mol. The highest BCUT2D eigenvalue weighted by Gasteiger charge is 2.20. The van der Waals surface area contributed by atoms with Gasteiger partial charge in [-0.15, -0.1) is 0 Å². The first-order valence-corrected chi connectivity index (χ1v) is 9.91. The average molecular weight is 434 g/mol. The molecule has 0 atom stereocenters. The van der Waals surface area contributed by atoms with Gasteiger partial charge in [0.1, 0.15) is 5.56 Å². The van der Waals surface area contributed by atoms with Crippen LogP contribution in [0, 0.1) is 0 Å². The van der Waals surface area contributed by atoms with Crippen LogP contribution in [-0.4, -0.2) is 45.8 Å². The molecule has 158 valence electrons. The van der Waals surface area contributed by atoms with Gasteiger partial charge in [-0.25, -0.2) is 13.2 Å². The summed E-state index contributed by atoms with van der Waals surface area (Å²) in [4.78, 5) is 26.0. The van der Waals surface area contributed by atoms with Crippen molar-refractivity contribution in [2.75, 3.05) is 26.1 Å². The number of benzene rings is 2. The number of nitrogens with one attached hydrogen (secondary N) is 2. The van der Waals surface area contributed by atoms with Crippen LogP contribution in [-0.2, 0) is 10.0 Å². The van der Waals surface area contributed by atoms with Gasteiger partial charge in [0.05, 0.1) is 31.9 Å². The molecular formula is C19H18N2O8S. The molecule has 0 aliphatic carbocycles. The molecule has 0 amide bonds. The van der Waals surface area contributed by atoms with E-state index in [1.54, 1.807) is 0 Å². The SMILES string of the molecule is COc1cc(NS(=O)(=O)c2ccc3[nH]cc(C(=O)O)c(=O)c3c2)cc(OC)c1OC. The predicted octanol–water partition coefficient (Wildman–Crippen LogP) is 2.05. The first-order valence-electron chi connectivity index (χ1n) is 8.43. The smallest absolute Gasteiger partial charge is 0.341 e. The second kappa shape index (κ2) is 7.95. The maximum absolute atomic E-state index is 12.9. The van der Waals surface area contributed by atoms with Crippen LogP contribution in [0.15, 0.2) is 46.2 Å². The zero-order chi connectivity index (χ0) is 22.1. The summed E-state index contributed by atoms with van der Waals surface area (Å²) in [6.45, 7) is 0. The maximum atomic E-state index is 12.9. The minimum absolute atomic E-state index is 0.0670. The molecule has 0 aliphatic heterocycles. The molecule has 10 nitrogen and oxygen atoms in total. The van der Waals surface area contributed by atoms with Crippen LogP contribution in [0.25, 0.3) is 10.9 Å². The number of hydrogen-bond donors (Lipinski definition) is 3. The number of aromatic amines is 1. The first-order chi connectivity index (χ1) is 14.2. The first kappa shape index (κ1) is 21.0. The lowest BCUT2D eigenvalue weighted by atomic mass is 10.1. The van der Waals surface area contributed by atoms with Crippen molar-refractivity contribution in [3.05, 3.63) is 52.3 Å². The number of ether oxygens (including phenoxy) is 3. The number of carboxylic acids is 1. The van der Waals surface area contributed by atoms with Gasteiger partial charge in [-0.05, 0) is 18.2 Å². The third kappa shape index (κ3) is 3.74. The molecule has 3 aromatic rings. The Balaban J connectivity index is 2.08. The molecule has 0 bridgehead atoms. The van der Waals surface area contributed by atoms with Crippen LogP contribution < -0.4 is 24.4 Å². The van der Waals surface area contributed by atoms with Gasteiger partial charge in [0.15, 0.2) is 11.5 Å². The van der Waals surface area contributed by atoms with Gasteiger partial charge >= 0.3 is 5.97 Å². The molecule has 3 rings (SSSR count). The van der Waals surface area contributed by atoms with Gasteiger partial charge in [0.25, 0.3) is 10.0 Å². The summed E-state index contributed by atoms with van der Waals surface area (Å²) >= 11 is 0. The van der Waals surface area contributed by atoms with Crippen LogP contribution in [0.3, 0.4) is 0 Å². The molecule has 2 aromatic carbocycles. The number of rotatable bonds is 7. The summed E-state index contributed by atoms with van der Waals surface area (Å²) in [7, 11) is 0.0807. The number of methoxy groups -OCH3 is 3. The van der Waals surface area contributed by atoms with Crippen molar-refractivity contribution in [1.29, 1.82) is 0 Å². The van der Waals surface area contributed by atoms with Gasteiger partial charge < -0.3 is 24.3 Å². The van der Waals surface area contributed by atoms with E-state index in [1.807, 2.05) is 0 Å².